The SMILES string of the molecule is COC(=O)[C@H]1[C@H](CCc2ccccc2)NC(=O)N(Cc2ccccc2)[C@H]1C. The smallest absolute Gasteiger partial charge is 0.318 e. The second-order valence-corrected chi connectivity index (χ2v) is 6.98. The number of ether oxygens (including phenoxy) is 1. The second-order valence-electron chi connectivity index (χ2n) is 6.98. The predicted molar refractivity (Wildman–Crippen MR) is 104 cm³/mol. The van der Waals surface area contributed by atoms with Crippen LogP contribution in [0.2, 0.25) is 0 Å². The van der Waals surface area contributed by atoms with Crippen LogP contribution in [0.1, 0.15) is 24.5 Å². The number of rotatable bonds is 6. The number of carbonyl (C=O) groups excluding carboxylic acids is 2. The van der Waals surface area contributed by atoms with E-state index in [0.29, 0.717) is 13.0 Å². The van der Waals surface area contributed by atoms with E-state index >= 15 is 0 Å². The first-order chi connectivity index (χ1) is 13.1. The molecule has 2 aromatic carbocycles. The van der Waals surface area contributed by atoms with Gasteiger partial charge in [0, 0.05) is 18.6 Å². The first-order valence-corrected chi connectivity index (χ1v) is 9.33. The third-order valence-electron chi connectivity index (χ3n) is 5.27. The zero-order valence-electron chi connectivity index (χ0n) is 15.8. The molecule has 27 heavy (non-hydrogen) atoms. The second kappa shape index (κ2) is 8.71. The highest BCUT2D eigenvalue weighted by molar-refractivity contribution is 5.82. The molecular formula is C22H26N2O3. The topological polar surface area (TPSA) is 58.6 Å². The van der Waals surface area contributed by atoms with E-state index in [1.54, 1.807) is 4.90 Å². The number of urea groups is 1. The van der Waals surface area contributed by atoms with Crippen molar-refractivity contribution in [1.82, 2.24) is 10.2 Å². The van der Waals surface area contributed by atoms with Gasteiger partial charge >= 0.3 is 12.0 Å². The Morgan fingerprint density at radius 2 is 1.63 bits per heavy atom. The number of esters is 1. The number of methoxy groups -OCH3 is 1. The Bertz CT molecular complexity index is 762. The molecule has 0 spiro atoms. The number of amides is 2. The Morgan fingerprint density at radius 1 is 1.04 bits per heavy atom. The molecule has 1 fully saturated rings. The molecule has 0 unspecified atom stereocenters. The molecule has 3 rings (SSSR count). The van der Waals surface area contributed by atoms with Crippen molar-refractivity contribution in [2.45, 2.75) is 38.4 Å². The molecule has 2 aromatic rings. The van der Waals surface area contributed by atoms with Crippen LogP contribution in [0.3, 0.4) is 0 Å². The highest BCUT2D eigenvalue weighted by Crippen LogP contribution is 2.27. The molecule has 1 aliphatic heterocycles. The zero-order valence-corrected chi connectivity index (χ0v) is 15.8. The molecule has 1 heterocycles. The minimum Gasteiger partial charge on any atom is -0.469 e. The molecule has 1 aliphatic rings. The number of hydrogen-bond donors (Lipinski definition) is 1. The van der Waals surface area contributed by atoms with Crippen LogP contribution in [-0.4, -0.2) is 36.1 Å². The highest BCUT2D eigenvalue weighted by atomic mass is 16.5. The molecule has 2 amide bonds. The van der Waals surface area contributed by atoms with Crippen LogP contribution in [0.5, 0.6) is 0 Å². The van der Waals surface area contributed by atoms with Gasteiger partial charge in [0.1, 0.15) is 0 Å². The minimum atomic E-state index is -0.403. The molecule has 0 saturated carbocycles. The van der Waals surface area contributed by atoms with Gasteiger partial charge in [-0.2, -0.15) is 0 Å². The van der Waals surface area contributed by atoms with E-state index in [1.807, 2.05) is 55.5 Å². The van der Waals surface area contributed by atoms with Crippen LogP contribution < -0.4 is 5.32 Å². The van der Waals surface area contributed by atoms with E-state index in [-0.39, 0.29) is 24.1 Å². The van der Waals surface area contributed by atoms with Crippen molar-refractivity contribution in [2.24, 2.45) is 5.92 Å². The number of aryl methyl sites for hydroxylation is 1. The third kappa shape index (κ3) is 4.48. The fourth-order valence-corrected chi connectivity index (χ4v) is 3.76. The van der Waals surface area contributed by atoms with Gasteiger partial charge in [-0.1, -0.05) is 60.7 Å². The van der Waals surface area contributed by atoms with E-state index in [4.69, 9.17) is 4.74 Å². The maximum absolute atomic E-state index is 12.7. The van der Waals surface area contributed by atoms with Gasteiger partial charge in [0.05, 0.1) is 13.0 Å². The van der Waals surface area contributed by atoms with Crippen molar-refractivity contribution < 1.29 is 14.3 Å². The van der Waals surface area contributed by atoms with Crippen molar-refractivity contribution in [3.63, 3.8) is 0 Å². The van der Waals surface area contributed by atoms with Crippen molar-refractivity contribution in [3.8, 4) is 0 Å². The van der Waals surface area contributed by atoms with Gasteiger partial charge in [-0.25, -0.2) is 4.79 Å². The maximum atomic E-state index is 12.7. The third-order valence-corrected chi connectivity index (χ3v) is 5.27. The van der Waals surface area contributed by atoms with Crippen LogP contribution in [0.4, 0.5) is 4.79 Å². The lowest BCUT2D eigenvalue weighted by Crippen LogP contribution is -2.63. The summed E-state index contributed by atoms with van der Waals surface area (Å²) in [7, 11) is 1.40. The largest absolute Gasteiger partial charge is 0.469 e. The van der Waals surface area contributed by atoms with Crippen molar-refractivity contribution in [2.75, 3.05) is 7.11 Å². The predicted octanol–water partition coefficient (Wildman–Crippen LogP) is 3.39. The van der Waals surface area contributed by atoms with E-state index in [2.05, 4.69) is 17.4 Å². The van der Waals surface area contributed by atoms with Crippen LogP contribution in [0.15, 0.2) is 60.7 Å². The van der Waals surface area contributed by atoms with Gasteiger partial charge in [0.25, 0.3) is 0 Å². The Kier molecular flexibility index (Phi) is 6.12. The Morgan fingerprint density at radius 3 is 2.22 bits per heavy atom. The molecule has 142 valence electrons. The number of benzene rings is 2. The summed E-state index contributed by atoms with van der Waals surface area (Å²) < 4.78 is 5.06. The molecule has 0 aliphatic carbocycles. The summed E-state index contributed by atoms with van der Waals surface area (Å²) in [6, 6.07) is 19.3. The summed E-state index contributed by atoms with van der Waals surface area (Å²) in [4.78, 5) is 27.0. The Balaban J connectivity index is 1.75. The van der Waals surface area contributed by atoms with E-state index in [0.717, 1.165) is 12.0 Å². The van der Waals surface area contributed by atoms with Crippen LogP contribution in [0.25, 0.3) is 0 Å². The lowest BCUT2D eigenvalue weighted by atomic mass is 9.85. The van der Waals surface area contributed by atoms with E-state index < -0.39 is 5.92 Å². The normalized spacial score (nSPS) is 22.2. The molecular weight excluding hydrogens is 340 g/mol. The molecule has 0 radical (unpaired) electrons. The van der Waals surface area contributed by atoms with E-state index in [9.17, 15) is 9.59 Å². The number of nitrogens with zero attached hydrogens (tertiary/aromatic N) is 1. The Hall–Kier alpha value is -2.82. The monoisotopic (exact) mass is 366 g/mol. The average Bonchev–Trinajstić information content (AvgIpc) is 2.70. The number of hydrogen-bond acceptors (Lipinski definition) is 3. The van der Waals surface area contributed by atoms with Crippen molar-refractivity contribution in [1.29, 1.82) is 0 Å². The zero-order chi connectivity index (χ0) is 19.2. The average molecular weight is 366 g/mol. The Labute approximate surface area is 160 Å². The fraction of sp³-hybridized carbons (Fsp3) is 0.364. The summed E-state index contributed by atoms with van der Waals surface area (Å²) >= 11 is 0. The van der Waals surface area contributed by atoms with Gasteiger partial charge in [-0.05, 0) is 30.9 Å². The molecule has 1 saturated heterocycles. The first kappa shape index (κ1) is 19.0. The molecule has 0 aromatic heterocycles. The standard InChI is InChI=1S/C22H26N2O3/c1-16-20(21(25)27-2)19(14-13-17-9-5-3-6-10-17)23-22(26)24(16)15-18-11-7-4-8-12-18/h3-12,16,19-20H,13-15H2,1-2H3,(H,23,26)/t16-,19-,20+/m0/s1. The highest BCUT2D eigenvalue weighted by Gasteiger charge is 2.43. The summed E-state index contributed by atoms with van der Waals surface area (Å²) in [6.07, 6.45) is 1.49. The minimum absolute atomic E-state index is 0.135. The summed E-state index contributed by atoms with van der Waals surface area (Å²) in [6.45, 7) is 2.39. The summed E-state index contributed by atoms with van der Waals surface area (Å²) in [5, 5.41) is 3.04. The van der Waals surface area contributed by atoms with Gasteiger partial charge in [0.2, 0.25) is 0 Å². The molecule has 0 bridgehead atoms. The number of carbonyl (C=O) groups is 2. The lowest BCUT2D eigenvalue weighted by molar-refractivity contribution is -0.149. The van der Waals surface area contributed by atoms with Gasteiger partial charge < -0.3 is 15.0 Å². The molecule has 5 nitrogen and oxygen atoms in total. The first-order valence-electron chi connectivity index (χ1n) is 9.33. The summed E-state index contributed by atoms with van der Waals surface area (Å²) in [5.41, 5.74) is 2.22. The molecule has 5 heteroatoms. The maximum Gasteiger partial charge on any atom is 0.318 e. The molecule has 1 N–H and O–H groups in total. The van der Waals surface area contributed by atoms with Crippen LogP contribution in [0, 0.1) is 5.92 Å². The lowest BCUT2D eigenvalue weighted by Gasteiger charge is -2.43. The quantitative estimate of drug-likeness (QED) is 0.797. The van der Waals surface area contributed by atoms with E-state index in [1.165, 1.54) is 12.7 Å². The van der Waals surface area contributed by atoms with Crippen molar-refractivity contribution in [3.05, 3.63) is 71.8 Å². The number of nitrogens with one attached hydrogen (secondary N) is 1. The molecule has 3 atom stereocenters. The van der Waals surface area contributed by atoms with Gasteiger partial charge in [-0.15, -0.1) is 0 Å². The van der Waals surface area contributed by atoms with Crippen molar-refractivity contribution >= 4 is 12.0 Å². The summed E-state index contributed by atoms with van der Waals surface area (Å²) in [5.74, 6) is -0.682. The van der Waals surface area contributed by atoms with Crippen LogP contribution in [-0.2, 0) is 22.5 Å². The van der Waals surface area contributed by atoms with Gasteiger partial charge in [-0.3, -0.25) is 4.79 Å². The fourth-order valence-electron chi connectivity index (χ4n) is 3.76. The van der Waals surface area contributed by atoms with Crippen LogP contribution >= 0.6 is 0 Å². The van der Waals surface area contributed by atoms with Gasteiger partial charge in [0.15, 0.2) is 0 Å².